The summed E-state index contributed by atoms with van der Waals surface area (Å²) in [5.41, 5.74) is 3.37. The number of rotatable bonds is 5. The van der Waals surface area contributed by atoms with E-state index in [0.29, 0.717) is 30.2 Å². The molecule has 1 amide bonds. The van der Waals surface area contributed by atoms with Crippen LogP contribution in [0.4, 0.5) is 0 Å². The number of nitrogens with zero attached hydrogens (tertiary/aromatic N) is 3. The number of pyridine rings is 1. The van der Waals surface area contributed by atoms with E-state index in [2.05, 4.69) is 20.4 Å². The van der Waals surface area contributed by atoms with E-state index in [-0.39, 0.29) is 12.0 Å². The van der Waals surface area contributed by atoms with Crippen LogP contribution >= 0.6 is 0 Å². The van der Waals surface area contributed by atoms with E-state index in [1.54, 1.807) is 0 Å². The van der Waals surface area contributed by atoms with Gasteiger partial charge in [-0.1, -0.05) is 23.4 Å². The molecule has 0 radical (unpaired) electrons. The molecule has 7 nitrogen and oxygen atoms in total. The lowest BCUT2D eigenvalue weighted by Crippen LogP contribution is -2.26. The maximum atomic E-state index is 12.7. The topological polar surface area (TPSA) is 90.1 Å². The van der Waals surface area contributed by atoms with E-state index < -0.39 is 0 Å². The van der Waals surface area contributed by atoms with E-state index >= 15 is 0 Å². The second-order valence-corrected chi connectivity index (χ2v) is 6.84. The van der Waals surface area contributed by atoms with Crippen LogP contribution in [0.1, 0.15) is 52.3 Å². The summed E-state index contributed by atoms with van der Waals surface area (Å²) in [4.78, 5) is 21.6. The Morgan fingerprint density at radius 3 is 3.00 bits per heavy atom. The van der Waals surface area contributed by atoms with Crippen molar-refractivity contribution in [2.45, 2.75) is 39.2 Å². The maximum absolute atomic E-state index is 12.7. The van der Waals surface area contributed by atoms with Gasteiger partial charge in [0.2, 0.25) is 0 Å². The van der Waals surface area contributed by atoms with Crippen molar-refractivity contribution in [3.63, 3.8) is 0 Å². The number of aromatic nitrogens is 3. The Morgan fingerprint density at radius 1 is 1.30 bits per heavy atom. The molecule has 0 bridgehead atoms. The lowest BCUT2D eigenvalue weighted by molar-refractivity contribution is 0.0835. The Bertz CT molecular complexity index is 977. The molecule has 3 aromatic rings. The third-order valence-electron chi connectivity index (χ3n) is 4.74. The third kappa shape index (κ3) is 3.68. The number of hydrogen-bond donors (Lipinski definition) is 1. The summed E-state index contributed by atoms with van der Waals surface area (Å²) in [5.74, 6) is 0.978. The van der Waals surface area contributed by atoms with Crippen molar-refractivity contribution >= 4 is 16.8 Å². The van der Waals surface area contributed by atoms with Gasteiger partial charge in [0.15, 0.2) is 5.82 Å². The molecule has 140 valence electrons. The molecule has 1 N–H and O–H groups in total. The van der Waals surface area contributed by atoms with E-state index in [4.69, 9.17) is 9.26 Å². The number of fused-ring (bicyclic) bond motifs is 1. The van der Waals surface area contributed by atoms with Gasteiger partial charge in [-0.3, -0.25) is 9.78 Å². The Kier molecular flexibility index (Phi) is 4.85. The first kappa shape index (κ1) is 17.6. The normalized spacial score (nSPS) is 16.7. The number of ether oxygens (including phenoxy) is 1. The van der Waals surface area contributed by atoms with Gasteiger partial charge in [-0.05, 0) is 38.3 Å². The molecule has 1 aliphatic rings. The molecule has 0 aliphatic carbocycles. The fraction of sp³-hybridized carbons (Fsp3) is 0.400. The number of nitrogens with one attached hydrogen (secondary N) is 1. The first-order valence-corrected chi connectivity index (χ1v) is 9.21. The van der Waals surface area contributed by atoms with E-state index in [1.807, 2.05) is 38.1 Å². The molecule has 4 rings (SSSR count). The Morgan fingerprint density at radius 2 is 2.19 bits per heavy atom. The summed E-state index contributed by atoms with van der Waals surface area (Å²) in [5, 5.41) is 7.78. The molecule has 2 aromatic heterocycles. The van der Waals surface area contributed by atoms with Gasteiger partial charge in [0, 0.05) is 30.7 Å². The zero-order valence-corrected chi connectivity index (χ0v) is 15.5. The van der Waals surface area contributed by atoms with E-state index in [9.17, 15) is 4.79 Å². The van der Waals surface area contributed by atoms with Crippen molar-refractivity contribution in [1.82, 2.24) is 20.4 Å². The molecular weight excluding hydrogens is 344 g/mol. The predicted molar refractivity (Wildman–Crippen MR) is 99.5 cm³/mol. The molecule has 1 aliphatic heterocycles. The monoisotopic (exact) mass is 366 g/mol. The zero-order valence-electron chi connectivity index (χ0n) is 15.5. The van der Waals surface area contributed by atoms with Crippen LogP contribution in [0.25, 0.3) is 10.9 Å². The smallest absolute Gasteiger partial charge is 0.255 e. The minimum atomic E-state index is -0.126. The standard InChI is InChI=1S/C20H22N4O3/c1-12-5-3-6-14-15(11-13(2)22-18(12)14)19(25)21-9-8-17-23-20(27-24-17)16-7-4-10-26-16/h3,5-6,11,16H,4,7-10H2,1-2H3,(H,21,25)/t16-/m1/s1. The highest BCUT2D eigenvalue weighted by molar-refractivity contribution is 6.06. The van der Waals surface area contributed by atoms with Crippen molar-refractivity contribution in [1.29, 1.82) is 0 Å². The van der Waals surface area contributed by atoms with Crippen LogP contribution in [0.2, 0.25) is 0 Å². The van der Waals surface area contributed by atoms with Gasteiger partial charge < -0.3 is 14.6 Å². The van der Waals surface area contributed by atoms with Gasteiger partial charge in [0.25, 0.3) is 11.8 Å². The predicted octanol–water partition coefficient (Wildman–Crippen LogP) is 3.06. The van der Waals surface area contributed by atoms with Gasteiger partial charge >= 0.3 is 0 Å². The number of amides is 1. The molecule has 7 heteroatoms. The fourth-order valence-corrected chi connectivity index (χ4v) is 3.36. The summed E-state index contributed by atoms with van der Waals surface area (Å²) in [6.07, 6.45) is 2.34. The highest BCUT2D eigenvalue weighted by Gasteiger charge is 2.23. The van der Waals surface area contributed by atoms with Crippen LogP contribution in [0.15, 0.2) is 28.8 Å². The highest BCUT2D eigenvalue weighted by Crippen LogP contribution is 2.27. The molecule has 1 saturated heterocycles. The first-order valence-electron chi connectivity index (χ1n) is 9.21. The van der Waals surface area contributed by atoms with E-state index in [1.165, 1.54) is 0 Å². The van der Waals surface area contributed by atoms with Gasteiger partial charge in [0.05, 0.1) is 11.1 Å². The Hall–Kier alpha value is -2.80. The summed E-state index contributed by atoms with van der Waals surface area (Å²) in [7, 11) is 0. The summed E-state index contributed by atoms with van der Waals surface area (Å²) in [6.45, 7) is 5.06. The highest BCUT2D eigenvalue weighted by atomic mass is 16.5. The summed E-state index contributed by atoms with van der Waals surface area (Å²) < 4.78 is 10.8. The number of carbonyl (C=O) groups excluding carboxylic acids is 1. The van der Waals surface area contributed by atoms with Crippen LogP contribution < -0.4 is 5.32 Å². The Balaban J connectivity index is 1.43. The summed E-state index contributed by atoms with van der Waals surface area (Å²) >= 11 is 0. The van der Waals surface area contributed by atoms with Crippen molar-refractivity contribution in [3.8, 4) is 0 Å². The number of para-hydroxylation sites is 1. The van der Waals surface area contributed by atoms with Crippen molar-refractivity contribution in [2.75, 3.05) is 13.2 Å². The second kappa shape index (κ2) is 7.44. The number of hydrogen-bond acceptors (Lipinski definition) is 6. The maximum Gasteiger partial charge on any atom is 0.255 e. The molecule has 27 heavy (non-hydrogen) atoms. The number of aryl methyl sites for hydroxylation is 2. The van der Waals surface area contributed by atoms with Gasteiger partial charge in [-0.25, -0.2) is 0 Å². The minimum absolute atomic E-state index is 0.0877. The summed E-state index contributed by atoms with van der Waals surface area (Å²) in [6, 6.07) is 7.69. The molecule has 0 spiro atoms. The average molecular weight is 366 g/mol. The second-order valence-electron chi connectivity index (χ2n) is 6.84. The molecule has 0 unspecified atom stereocenters. The number of benzene rings is 1. The van der Waals surface area contributed by atoms with E-state index in [0.717, 1.165) is 41.6 Å². The van der Waals surface area contributed by atoms with Gasteiger partial charge in [-0.15, -0.1) is 0 Å². The molecule has 1 aromatic carbocycles. The number of carbonyl (C=O) groups is 1. The van der Waals surface area contributed by atoms with Crippen molar-refractivity contribution in [2.24, 2.45) is 0 Å². The zero-order chi connectivity index (χ0) is 18.8. The van der Waals surface area contributed by atoms with Crippen LogP contribution in [-0.2, 0) is 11.2 Å². The average Bonchev–Trinajstić information content (AvgIpc) is 3.33. The van der Waals surface area contributed by atoms with Crippen molar-refractivity contribution < 1.29 is 14.1 Å². The Labute approximate surface area is 157 Å². The molecule has 1 fully saturated rings. The molecule has 1 atom stereocenters. The first-order chi connectivity index (χ1) is 13.1. The molecule has 0 saturated carbocycles. The molecule has 3 heterocycles. The quantitative estimate of drug-likeness (QED) is 0.746. The van der Waals surface area contributed by atoms with Crippen LogP contribution in [-0.4, -0.2) is 34.2 Å². The lowest BCUT2D eigenvalue weighted by atomic mass is 10.0. The third-order valence-corrected chi connectivity index (χ3v) is 4.74. The molecular formula is C20H22N4O3. The SMILES string of the molecule is Cc1cc(C(=O)NCCc2noc([C@H]3CCCO3)n2)c2cccc(C)c2n1. The largest absolute Gasteiger partial charge is 0.368 e. The fourth-order valence-electron chi connectivity index (χ4n) is 3.36. The van der Waals surface area contributed by atoms with Crippen LogP contribution in [0, 0.1) is 13.8 Å². The van der Waals surface area contributed by atoms with Crippen LogP contribution in [0.5, 0.6) is 0 Å². The van der Waals surface area contributed by atoms with Gasteiger partial charge in [-0.2, -0.15) is 4.98 Å². The van der Waals surface area contributed by atoms with Crippen molar-refractivity contribution in [3.05, 3.63) is 52.8 Å². The lowest BCUT2D eigenvalue weighted by Gasteiger charge is -2.10. The van der Waals surface area contributed by atoms with Gasteiger partial charge in [0.1, 0.15) is 6.10 Å². The minimum Gasteiger partial charge on any atom is -0.368 e. The van der Waals surface area contributed by atoms with Crippen LogP contribution in [0.3, 0.4) is 0 Å².